The van der Waals surface area contributed by atoms with Crippen LogP contribution in [-0.2, 0) is 16.5 Å². The number of amides is 1. The molecule has 0 N–H and O–H groups in total. The number of ether oxygens (including phenoxy) is 2. The van der Waals surface area contributed by atoms with Gasteiger partial charge in [-0.3, -0.25) is 4.79 Å². The van der Waals surface area contributed by atoms with E-state index in [-0.39, 0.29) is 23.7 Å². The number of nitrogens with zero attached hydrogens (tertiary/aromatic N) is 3. The number of hydrogen-bond donors (Lipinski definition) is 0. The summed E-state index contributed by atoms with van der Waals surface area (Å²) in [6.45, 7) is 0.723. The van der Waals surface area contributed by atoms with Crippen molar-refractivity contribution in [1.82, 2.24) is 14.5 Å². The Morgan fingerprint density at radius 1 is 1.43 bits per heavy atom. The average Bonchev–Trinajstić information content (AvgIpc) is 3.10. The fourth-order valence-corrected chi connectivity index (χ4v) is 3.82. The van der Waals surface area contributed by atoms with Gasteiger partial charge in [0.05, 0.1) is 17.7 Å². The molecule has 0 unspecified atom stereocenters. The number of aryl methyl sites for hydroxylation is 1. The van der Waals surface area contributed by atoms with E-state index in [1.54, 1.807) is 31.2 Å². The van der Waals surface area contributed by atoms with E-state index in [1.165, 1.54) is 0 Å². The molecule has 0 spiro atoms. The standard InChI is InChI=1S/C15H23N3O3/c1-17-9-7-16-13(17)14(19)18-8-6-15(21-3)5-4-11(20-2)10-12(15)18/h7,9,11-12H,4-6,8,10H2,1-3H3/t11-,12-,15+/m0/s1. The number of imidazole rings is 1. The zero-order valence-electron chi connectivity index (χ0n) is 12.9. The van der Waals surface area contributed by atoms with Crippen molar-refractivity contribution in [2.45, 2.75) is 43.4 Å². The zero-order valence-corrected chi connectivity index (χ0v) is 12.9. The van der Waals surface area contributed by atoms with Gasteiger partial charge in [0.2, 0.25) is 0 Å². The highest BCUT2D eigenvalue weighted by Gasteiger charge is 2.53. The van der Waals surface area contributed by atoms with Crippen LogP contribution in [0, 0.1) is 0 Å². The lowest BCUT2D eigenvalue weighted by atomic mass is 9.79. The molecule has 1 aliphatic heterocycles. The second-order valence-corrected chi connectivity index (χ2v) is 6.03. The summed E-state index contributed by atoms with van der Waals surface area (Å²) in [5, 5.41) is 0. The molecule has 3 rings (SSSR count). The van der Waals surface area contributed by atoms with Crippen LogP contribution in [-0.4, -0.2) is 58.9 Å². The second kappa shape index (κ2) is 5.42. The Balaban J connectivity index is 1.86. The van der Waals surface area contributed by atoms with Gasteiger partial charge in [-0.15, -0.1) is 0 Å². The number of hydrogen-bond acceptors (Lipinski definition) is 4. The van der Waals surface area contributed by atoms with Crippen molar-refractivity contribution in [2.75, 3.05) is 20.8 Å². The van der Waals surface area contributed by atoms with Crippen LogP contribution in [0.1, 0.15) is 36.3 Å². The number of aromatic nitrogens is 2. The van der Waals surface area contributed by atoms with Gasteiger partial charge >= 0.3 is 0 Å². The average molecular weight is 293 g/mol. The molecule has 1 aromatic rings. The molecule has 6 nitrogen and oxygen atoms in total. The van der Waals surface area contributed by atoms with Crippen LogP contribution < -0.4 is 0 Å². The normalized spacial score (nSPS) is 32.2. The molecule has 2 fully saturated rings. The summed E-state index contributed by atoms with van der Waals surface area (Å²) in [5.41, 5.74) is -0.212. The van der Waals surface area contributed by atoms with Crippen LogP contribution in [0.2, 0.25) is 0 Å². The molecule has 116 valence electrons. The number of methoxy groups -OCH3 is 2. The maximum absolute atomic E-state index is 12.8. The maximum atomic E-state index is 12.8. The summed E-state index contributed by atoms with van der Waals surface area (Å²) < 4.78 is 13.1. The summed E-state index contributed by atoms with van der Waals surface area (Å²) in [6.07, 6.45) is 7.31. The Morgan fingerprint density at radius 2 is 2.24 bits per heavy atom. The van der Waals surface area contributed by atoms with Gasteiger partial charge in [0.1, 0.15) is 0 Å². The second-order valence-electron chi connectivity index (χ2n) is 6.03. The highest BCUT2D eigenvalue weighted by Crippen LogP contribution is 2.43. The van der Waals surface area contributed by atoms with Crippen molar-refractivity contribution in [3.63, 3.8) is 0 Å². The van der Waals surface area contributed by atoms with Crippen molar-refractivity contribution in [3.05, 3.63) is 18.2 Å². The van der Waals surface area contributed by atoms with E-state index >= 15 is 0 Å². The summed E-state index contributed by atoms with van der Waals surface area (Å²) >= 11 is 0. The van der Waals surface area contributed by atoms with Crippen LogP contribution in [0.4, 0.5) is 0 Å². The monoisotopic (exact) mass is 293 g/mol. The molecule has 3 atom stereocenters. The summed E-state index contributed by atoms with van der Waals surface area (Å²) in [6, 6.07) is 0.0744. The SMILES string of the molecule is CO[C@H]1CC[C@@]2(OC)CCN(C(=O)c3nccn3C)[C@H]2C1. The zero-order chi connectivity index (χ0) is 15.0. The molecule has 2 aliphatic rings. The Labute approximate surface area is 125 Å². The van der Waals surface area contributed by atoms with E-state index in [1.807, 2.05) is 11.9 Å². The quantitative estimate of drug-likeness (QED) is 0.841. The molecular formula is C15H23N3O3. The maximum Gasteiger partial charge on any atom is 0.290 e. The van der Waals surface area contributed by atoms with Gasteiger partial charge in [-0.2, -0.15) is 0 Å². The van der Waals surface area contributed by atoms with Gasteiger partial charge in [0, 0.05) is 40.2 Å². The molecule has 0 radical (unpaired) electrons. The Morgan fingerprint density at radius 3 is 2.86 bits per heavy atom. The smallest absolute Gasteiger partial charge is 0.290 e. The van der Waals surface area contributed by atoms with E-state index in [4.69, 9.17) is 9.47 Å². The molecule has 1 saturated heterocycles. The van der Waals surface area contributed by atoms with E-state index in [9.17, 15) is 4.79 Å². The lowest BCUT2D eigenvalue weighted by Crippen LogP contribution is -2.53. The minimum atomic E-state index is -0.212. The minimum Gasteiger partial charge on any atom is -0.381 e. The first kappa shape index (κ1) is 14.5. The highest BCUT2D eigenvalue weighted by atomic mass is 16.5. The predicted octanol–water partition coefficient (Wildman–Crippen LogP) is 1.22. The molecule has 6 heteroatoms. The minimum absolute atomic E-state index is 0.0109. The van der Waals surface area contributed by atoms with Gasteiger partial charge in [0.25, 0.3) is 5.91 Å². The van der Waals surface area contributed by atoms with Gasteiger partial charge in [-0.1, -0.05) is 0 Å². The van der Waals surface area contributed by atoms with Crippen LogP contribution in [0.5, 0.6) is 0 Å². The summed E-state index contributed by atoms with van der Waals surface area (Å²) in [7, 11) is 5.35. The van der Waals surface area contributed by atoms with Crippen molar-refractivity contribution in [2.24, 2.45) is 7.05 Å². The third-order valence-corrected chi connectivity index (χ3v) is 5.15. The molecule has 2 heterocycles. The van der Waals surface area contributed by atoms with Crippen LogP contribution >= 0.6 is 0 Å². The summed E-state index contributed by atoms with van der Waals surface area (Å²) in [5.74, 6) is 0.477. The van der Waals surface area contributed by atoms with Gasteiger partial charge in [0.15, 0.2) is 5.82 Å². The first-order valence-electron chi connectivity index (χ1n) is 7.47. The van der Waals surface area contributed by atoms with Crippen molar-refractivity contribution < 1.29 is 14.3 Å². The summed E-state index contributed by atoms with van der Waals surface area (Å²) in [4.78, 5) is 18.9. The lowest BCUT2D eigenvalue weighted by molar-refractivity contribution is -0.0894. The fraction of sp³-hybridized carbons (Fsp3) is 0.733. The van der Waals surface area contributed by atoms with Crippen LogP contribution in [0.3, 0.4) is 0 Å². The van der Waals surface area contributed by atoms with E-state index < -0.39 is 0 Å². The van der Waals surface area contributed by atoms with Gasteiger partial charge in [-0.05, 0) is 25.7 Å². The number of rotatable bonds is 3. The van der Waals surface area contributed by atoms with E-state index in [0.29, 0.717) is 5.82 Å². The van der Waals surface area contributed by atoms with Crippen LogP contribution in [0.25, 0.3) is 0 Å². The van der Waals surface area contributed by atoms with Crippen molar-refractivity contribution in [3.8, 4) is 0 Å². The fourth-order valence-electron chi connectivity index (χ4n) is 3.82. The largest absolute Gasteiger partial charge is 0.381 e. The van der Waals surface area contributed by atoms with E-state index in [0.717, 1.165) is 32.2 Å². The Hall–Kier alpha value is -1.40. The number of carbonyl (C=O) groups excluding carboxylic acids is 1. The Bertz CT molecular complexity index is 530. The van der Waals surface area contributed by atoms with Gasteiger partial charge < -0.3 is 18.9 Å². The molecule has 1 saturated carbocycles. The molecule has 1 aromatic heterocycles. The number of fused-ring (bicyclic) bond motifs is 1. The third kappa shape index (κ3) is 2.26. The first-order valence-corrected chi connectivity index (χ1v) is 7.47. The predicted molar refractivity (Wildman–Crippen MR) is 77.0 cm³/mol. The Kier molecular flexibility index (Phi) is 3.75. The first-order chi connectivity index (χ1) is 10.1. The van der Waals surface area contributed by atoms with E-state index in [2.05, 4.69) is 4.98 Å². The molecule has 21 heavy (non-hydrogen) atoms. The van der Waals surface area contributed by atoms with Gasteiger partial charge in [-0.25, -0.2) is 4.98 Å². The number of likely N-dealkylation sites (tertiary alicyclic amines) is 1. The number of carbonyl (C=O) groups is 1. The highest BCUT2D eigenvalue weighted by molar-refractivity contribution is 5.91. The molecule has 1 aliphatic carbocycles. The molecule has 0 aromatic carbocycles. The van der Waals surface area contributed by atoms with Crippen molar-refractivity contribution in [1.29, 1.82) is 0 Å². The molecule has 1 amide bonds. The topological polar surface area (TPSA) is 56.6 Å². The van der Waals surface area contributed by atoms with Crippen LogP contribution in [0.15, 0.2) is 12.4 Å². The third-order valence-electron chi connectivity index (χ3n) is 5.15. The molecular weight excluding hydrogens is 270 g/mol. The lowest BCUT2D eigenvalue weighted by Gasteiger charge is -2.43. The molecule has 0 bridgehead atoms. The van der Waals surface area contributed by atoms with Crippen molar-refractivity contribution >= 4 is 5.91 Å².